The maximum atomic E-state index is 13.5. The molecule has 0 bridgehead atoms. The van der Waals surface area contributed by atoms with E-state index < -0.39 is 22.4 Å². The molecule has 0 heterocycles. The molecule has 100 valence electrons. The first-order valence-electron chi connectivity index (χ1n) is 5.86. The van der Waals surface area contributed by atoms with Crippen LogP contribution in [-0.4, -0.2) is 19.6 Å². The van der Waals surface area contributed by atoms with Gasteiger partial charge < -0.3 is 5.11 Å². The molecule has 1 fully saturated rings. The fourth-order valence-electron chi connectivity index (χ4n) is 1.89. The van der Waals surface area contributed by atoms with E-state index in [9.17, 15) is 12.8 Å². The van der Waals surface area contributed by atoms with Crippen molar-refractivity contribution < 1.29 is 17.9 Å². The van der Waals surface area contributed by atoms with Crippen molar-refractivity contribution in [3.8, 4) is 0 Å². The molecule has 0 saturated heterocycles. The fraction of sp³-hybridized carbons (Fsp3) is 0.500. The number of halogens is 1. The molecule has 2 rings (SSSR count). The zero-order valence-electron chi connectivity index (χ0n) is 10.1. The molecule has 0 aliphatic heterocycles. The summed E-state index contributed by atoms with van der Waals surface area (Å²) in [6, 6.07) is 2.46. The monoisotopic (exact) mass is 273 g/mol. The van der Waals surface area contributed by atoms with E-state index in [-0.39, 0.29) is 22.1 Å². The molecular formula is C12H16FNO3S. The second-order valence-electron chi connectivity index (χ2n) is 4.62. The predicted octanol–water partition coefficient (Wildman–Crippen LogP) is 1.46. The van der Waals surface area contributed by atoms with Gasteiger partial charge in [0.25, 0.3) is 0 Å². The van der Waals surface area contributed by atoms with Crippen LogP contribution >= 0.6 is 0 Å². The van der Waals surface area contributed by atoms with Crippen molar-refractivity contribution in [2.24, 2.45) is 0 Å². The van der Waals surface area contributed by atoms with Crippen molar-refractivity contribution in [2.75, 3.05) is 0 Å². The minimum Gasteiger partial charge on any atom is -0.392 e. The molecule has 0 aromatic heterocycles. The molecule has 2 N–H and O–H groups in total. The van der Waals surface area contributed by atoms with E-state index >= 15 is 0 Å². The number of sulfonamides is 1. The first kappa shape index (κ1) is 13.5. The summed E-state index contributed by atoms with van der Waals surface area (Å²) in [6.45, 7) is 0.969. The number of nitrogens with one attached hydrogen (secondary N) is 1. The summed E-state index contributed by atoms with van der Waals surface area (Å²) in [5.41, 5.74) is 0.222. The Balaban J connectivity index is 2.34. The molecule has 1 aliphatic rings. The first-order chi connectivity index (χ1) is 8.44. The zero-order chi connectivity index (χ0) is 13.3. The van der Waals surface area contributed by atoms with Gasteiger partial charge in [-0.3, -0.25) is 0 Å². The predicted molar refractivity (Wildman–Crippen MR) is 65.0 cm³/mol. The van der Waals surface area contributed by atoms with Gasteiger partial charge in [-0.25, -0.2) is 17.5 Å². The van der Waals surface area contributed by atoms with Crippen LogP contribution in [0.25, 0.3) is 0 Å². The molecule has 0 unspecified atom stereocenters. The number of hydrogen-bond donors (Lipinski definition) is 2. The number of aliphatic hydroxyl groups is 1. The van der Waals surface area contributed by atoms with Crippen molar-refractivity contribution in [1.29, 1.82) is 0 Å². The maximum Gasteiger partial charge on any atom is 0.240 e. The largest absolute Gasteiger partial charge is 0.392 e. The van der Waals surface area contributed by atoms with E-state index in [1.165, 1.54) is 19.1 Å². The molecule has 1 aromatic rings. The number of benzene rings is 1. The number of hydrogen-bond acceptors (Lipinski definition) is 3. The Morgan fingerprint density at radius 2 is 2.11 bits per heavy atom. The summed E-state index contributed by atoms with van der Waals surface area (Å²) in [5.74, 6) is -0.555. The molecule has 1 aromatic carbocycles. The van der Waals surface area contributed by atoms with Crippen molar-refractivity contribution in [3.05, 3.63) is 29.1 Å². The molecule has 0 atom stereocenters. The summed E-state index contributed by atoms with van der Waals surface area (Å²) in [4.78, 5) is 0.0114. The van der Waals surface area contributed by atoms with Gasteiger partial charge in [0.05, 0.1) is 11.5 Å². The van der Waals surface area contributed by atoms with Crippen LogP contribution in [0.4, 0.5) is 4.39 Å². The van der Waals surface area contributed by atoms with E-state index in [1.807, 2.05) is 0 Å². The maximum absolute atomic E-state index is 13.5. The zero-order valence-corrected chi connectivity index (χ0v) is 10.9. The molecule has 1 aliphatic carbocycles. The minimum absolute atomic E-state index is 0.00369. The molecule has 1 saturated carbocycles. The third-order valence-electron chi connectivity index (χ3n) is 3.21. The lowest BCUT2D eigenvalue weighted by Gasteiger charge is -2.26. The smallest absolute Gasteiger partial charge is 0.240 e. The Kier molecular flexibility index (Phi) is 3.70. The lowest BCUT2D eigenvalue weighted by Crippen LogP contribution is -2.39. The SMILES string of the molecule is Cc1cc(S(=O)(=O)NC2CCC2)cc(CO)c1F. The highest BCUT2D eigenvalue weighted by Crippen LogP contribution is 2.23. The van der Waals surface area contributed by atoms with Crippen molar-refractivity contribution in [3.63, 3.8) is 0 Å². The van der Waals surface area contributed by atoms with Crippen LogP contribution in [-0.2, 0) is 16.6 Å². The third kappa shape index (κ3) is 2.55. The Bertz CT molecular complexity index is 553. The van der Waals surface area contributed by atoms with E-state index in [0.717, 1.165) is 19.3 Å². The van der Waals surface area contributed by atoms with Gasteiger partial charge in [-0.05, 0) is 37.5 Å². The van der Waals surface area contributed by atoms with Crippen molar-refractivity contribution >= 4 is 10.0 Å². The minimum atomic E-state index is -3.62. The highest BCUT2D eigenvalue weighted by atomic mass is 32.2. The Hall–Kier alpha value is -0.980. The van der Waals surface area contributed by atoms with Crippen LogP contribution in [0.15, 0.2) is 17.0 Å². The Morgan fingerprint density at radius 3 is 2.61 bits per heavy atom. The van der Waals surface area contributed by atoms with Crippen LogP contribution in [0.2, 0.25) is 0 Å². The Labute approximate surface area is 106 Å². The van der Waals surface area contributed by atoms with Gasteiger partial charge in [-0.15, -0.1) is 0 Å². The number of aryl methyl sites for hydroxylation is 1. The fourth-order valence-corrected chi connectivity index (χ4v) is 3.33. The topological polar surface area (TPSA) is 66.4 Å². The second kappa shape index (κ2) is 4.95. The molecule has 18 heavy (non-hydrogen) atoms. The van der Waals surface area contributed by atoms with Crippen LogP contribution in [0.5, 0.6) is 0 Å². The van der Waals surface area contributed by atoms with Gasteiger partial charge in [0, 0.05) is 11.6 Å². The highest BCUT2D eigenvalue weighted by Gasteiger charge is 2.25. The average molecular weight is 273 g/mol. The second-order valence-corrected chi connectivity index (χ2v) is 6.33. The van der Waals surface area contributed by atoms with Crippen LogP contribution in [0.3, 0.4) is 0 Å². The number of rotatable bonds is 4. The van der Waals surface area contributed by atoms with Gasteiger partial charge in [-0.2, -0.15) is 0 Å². The van der Waals surface area contributed by atoms with Crippen LogP contribution in [0.1, 0.15) is 30.4 Å². The third-order valence-corrected chi connectivity index (χ3v) is 4.71. The van der Waals surface area contributed by atoms with Gasteiger partial charge in [0.2, 0.25) is 10.0 Å². The van der Waals surface area contributed by atoms with Crippen molar-refractivity contribution in [2.45, 2.75) is 43.7 Å². The number of aliphatic hydroxyl groups excluding tert-OH is 1. The summed E-state index contributed by atoms with van der Waals surface area (Å²) >= 11 is 0. The summed E-state index contributed by atoms with van der Waals surface area (Å²) in [7, 11) is -3.62. The molecule has 0 amide bonds. The van der Waals surface area contributed by atoms with Gasteiger partial charge in [-0.1, -0.05) is 6.42 Å². The van der Waals surface area contributed by atoms with E-state index in [1.54, 1.807) is 0 Å². The quantitative estimate of drug-likeness (QED) is 0.872. The lowest BCUT2D eigenvalue weighted by atomic mass is 9.94. The highest BCUT2D eigenvalue weighted by molar-refractivity contribution is 7.89. The lowest BCUT2D eigenvalue weighted by molar-refractivity contribution is 0.275. The summed E-state index contributed by atoms with van der Waals surface area (Å²) in [5, 5.41) is 9.02. The van der Waals surface area contributed by atoms with Crippen molar-refractivity contribution in [1.82, 2.24) is 4.72 Å². The average Bonchev–Trinajstić information content (AvgIpc) is 2.27. The summed E-state index contributed by atoms with van der Waals surface area (Å²) < 4.78 is 40.2. The molecular weight excluding hydrogens is 257 g/mol. The van der Waals surface area contributed by atoms with Gasteiger partial charge >= 0.3 is 0 Å². The Morgan fingerprint density at radius 1 is 1.44 bits per heavy atom. The normalized spacial score (nSPS) is 16.6. The first-order valence-corrected chi connectivity index (χ1v) is 7.34. The van der Waals surface area contributed by atoms with E-state index in [2.05, 4.69) is 4.72 Å². The van der Waals surface area contributed by atoms with Crippen LogP contribution < -0.4 is 4.72 Å². The molecule has 0 spiro atoms. The molecule has 4 nitrogen and oxygen atoms in total. The summed E-state index contributed by atoms with van der Waals surface area (Å²) in [6.07, 6.45) is 2.70. The van der Waals surface area contributed by atoms with Crippen LogP contribution in [0, 0.1) is 12.7 Å². The van der Waals surface area contributed by atoms with E-state index in [4.69, 9.17) is 5.11 Å². The van der Waals surface area contributed by atoms with Gasteiger partial charge in [0.15, 0.2) is 0 Å². The standard InChI is InChI=1S/C12H16FNO3S/c1-8-5-11(6-9(7-15)12(8)13)18(16,17)14-10-3-2-4-10/h5-6,10,14-15H,2-4,7H2,1H3. The molecule has 0 radical (unpaired) electrons. The van der Waals surface area contributed by atoms with Gasteiger partial charge in [0.1, 0.15) is 5.82 Å². The van der Waals surface area contributed by atoms with E-state index in [0.29, 0.717) is 0 Å². The molecule has 6 heteroatoms.